The van der Waals surface area contributed by atoms with Crippen molar-refractivity contribution in [3.63, 3.8) is 0 Å². The van der Waals surface area contributed by atoms with Crippen LogP contribution in [0.4, 0.5) is 0 Å². The zero-order valence-electron chi connectivity index (χ0n) is 12.5. The van der Waals surface area contributed by atoms with Crippen molar-refractivity contribution in [2.75, 3.05) is 26.2 Å². The summed E-state index contributed by atoms with van der Waals surface area (Å²) < 4.78 is 27.7. The Balaban J connectivity index is 2.18. The average Bonchev–Trinajstić information content (AvgIpc) is 2.40. The minimum atomic E-state index is -3.60. The zero-order valence-corrected chi connectivity index (χ0v) is 15.7. The molecule has 22 heavy (non-hydrogen) atoms. The predicted octanol–water partition coefficient (Wildman–Crippen LogP) is 2.18. The van der Waals surface area contributed by atoms with Crippen LogP contribution in [0.3, 0.4) is 0 Å². The van der Waals surface area contributed by atoms with Crippen molar-refractivity contribution in [2.24, 2.45) is 0 Å². The third kappa shape index (κ3) is 4.01. The number of aliphatic hydroxyl groups is 1. The molecular formula is C14H20BrClN2O3S. The number of benzene rings is 1. The van der Waals surface area contributed by atoms with Gasteiger partial charge in [0.05, 0.1) is 11.1 Å². The summed E-state index contributed by atoms with van der Waals surface area (Å²) in [5.74, 6) is 0. The number of sulfonamides is 1. The molecule has 0 spiro atoms. The van der Waals surface area contributed by atoms with Gasteiger partial charge in [0.2, 0.25) is 10.0 Å². The Kier molecular flexibility index (Phi) is 5.90. The van der Waals surface area contributed by atoms with E-state index in [2.05, 4.69) is 20.8 Å². The monoisotopic (exact) mass is 410 g/mol. The molecule has 1 aliphatic rings. The Bertz CT molecular complexity index is 639. The zero-order chi connectivity index (χ0) is 16.5. The largest absolute Gasteiger partial charge is 0.392 e. The smallest absolute Gasteiger partial charge is 0.244 e. The second-order valence-corrected chi connectivity index (χ2v) is 8.86. The minimum Gasteiger partial charge on any atom is -0.392 e. The quantitative estimate of drug-likeness (QED) is 0.825. The number of nitrogens with zero attached hydrogens (tertiary/aromatic N) is 2. The fourth-order valence-corrected chi connectivity index (χ4v) is 5.14. The van der Waals surface area contributed by atoms with E-state index in [0.29, 0.717) is 26.2 Å². The molecule has 1 aromatic carbocycles. The lowest BCUT2D eigenvalue weighted by molar-refractivity contribution is 0.0699. The van der Waals surface area contributed by atoms with E-state index in [1.54, 1.807) is 19.1 Å². The number of hydrogen-bond acceptors (Lipinski definition) is 4. The van der Waals surface area contributed by atoms with Crippen LogP contribution in [0.5, 0.6) is 0 Å². The summed E-state index contributed by atoms with van der Waals surface area (Å²) in [4.78, 5) is 2.23. The van der Waals surface area contributed by atoms with Crippen LogP contribution in [-0.4, -0.2) is 61.1 Å². The Morgan fingerprint density at radius 2 is 2.14 bits per heavy atom. The number of halogens is 2. The highest BCUT2D eigenvalue weighted by Crippen LogP contribution is 2.29. The Morgan fingerprint density at radius 3 is 2.68 bits per heavy atom. The molecule has 124 valence electrons. The molecule has 1 N–H and O–H groups in total. The van der Waals surface area contributed by atoms with Crippen molar-refractivity contribution in [3.8, 4) is 0 Å². The second-order valence-electron chi connectivity index (χ2n) is 5.63. The molecule has 2 rings (SSSR count). The summed E-state index contributed by atoms with van der Waals surface area (Å²) in [5.41, 5.74) is 0. The maximum absolute atomic E-state index is 12.8. The summed E-state index contributed by atoms with van der Waals surface area (Å²) in [6, 6.07) is 4.83. The highest BCUT2D eigenvalue weighted by atomic mass is 79.9. The van der Waals surface area contributed by atoms with Crippen LogP contribution in [-0.2, 0) is 10.0 Å². The molecule has 0 unspecified atom stereocenters. The van der Waals surface area contributed by atoms with Crippen LogP contribution in [0.25, 0.3) is 0 Å². The van der Waals surface area contributed by atoms with E-state index >= 15 is 0 Å². The van der Waals surface area contributed by atoms with Crippen LogP contribution in [0.15, 0.2) is 27.6 Å². The van der Waals surface area contributed by atoms with Gasteiger partial charge in [-0.15, -0.1) is 0 Å². The second kappa shape index (κ2) is 7.15. The summed E-state index contributed by atoms with van der Waals surface area (Å²) in [6.45, 7) is 5.63. The van der Waals surface area contributed by atoms with E-state index in [-0.39, 0.29) is 16.0 Å². The lowest BCUT2D eigenvalue weighted by Crippen LogP contribution is -2.54. The fourth-order valence-electron chi connectivity index (χ4n) is 2.61. The maximum Gasteiger partial charge on any atom is 0.244 e. The topological polar surface area (TPSA) is 60.9 Å². The molecule has 0 radical (unpaired) electrons. The molecule has 0 saturated carbocycles. The van der Waals surface area contributed by atoms with Gasteiger partial charge in [-0.2, -0.15) is 4.31 Å². The van der Waals surface area contributed by atoms with E-state index in [1.165, 1.54) is 10.4 Å². The number of hydrogen-bond donors (Lipinski definition) is 1. The molecule has 1 saturated heterocycles. The molecule has 8 heteroatoms. The third-order valence-corrected chi connectivity index (χ3v) is 6.58. The first kappa shape index (κ1) is 18.2. The first-order valence-electron chi connectivity index (χ1n) is 7.09. The average molecular weight is 412 g/mol. The number of rotatable bonds is 4. The van der Waals surface area contributed by atoms with E-state index in [9.17, 15) is 13.5 Å². The molecule has 1 fully saturated rings. The van der Waals surface area contributed by atoms with Gasteiger partial charge >= 0.3 is 0 Å². The molecule has 2 atom stereocenters. The van der Waals surface area contributed by atoms with Crippen molar-refractivity contribution >= 4 is 37.6 Å². The highest BCUT2D eigenvalue weighted by molar-refractivity contribution is 9.10. The van der Waals surface area contributed by atoms with Gasteiger partial charge in [-0.1, -0.05) is 27.5 Å². The Hall–Kier alpha value is -0.180. The lowest BCUT2D eigenvalue weighted by Gasteiger charge is -2.39. The molecule has 1 heterocycles. The van der Waals surface area contributed by atoms with Crippen molar-refractivity contribution in [3.05, 3.63) is 27.7 Å². The Morgan fingerprint density at radius 1 is 1.45 bits per heavy atom. The summed E-state index contributed by atoms with van der Waals surface area (Å²) in [5, 5.41) is 9.71. The van der Waals surface area contributed by atoms with Gasteiger partial charge < -0.3 is 5.11 Å². The minimum absolute atomic E-state index is 0.0485. The number of aliphatic hydroxyl groups excluding tert-OH is 1. The molecule has 0 aliphatic carbocycles. The molecule has 0 bridgehead atoms. The van der Waals surface area contributed by atoms with Crippen LogP contribution < -0.4 is 0 Å². The van der Waals surface area contributed by atoms with Crippen molar-refractivity contribution < 1.29 is 13.5 Å². The van der Waals surface area contributed by atoms with Gasteiger partial charge in [-0.05, 0) is 32.0 Å². The van der Waals surface area contributed by atoms with Gasteiger partial charge in [0, 0.05) is 36.7 Å². The lowest BCUT2D eigenvalue weighted by atomic mass is 10.2. The standard InChI is InChI=1S/C14H20BrClN2O3S/c1-10-8-18(6-5-17(10)9-11(2)19)22(20,21)14-4-3-12(15)7-13(14)16/h3-4,7,10-11,19H,5-6,8-9H2,1-2H3/t10-,11-/m0/s1. The molecule has 0 aromatic heterocycles. The van der Waals surface area contributed by atoms with Crippen molar-refractivity contribution in [2.45, 2.75) is 30.9 Å². The van der Waals surface area contributed by atoms with Gasteiger partial charge in [-0.25, -0.2) is 8.42 Å². The summed E-state index contributed by atoms with van der Waals surface area (Å²) >= 11 is 9.36. The fraction of sp³-hybridized carbons (Fsp3) is 0.571. The third-order valence-electron chi connectivity index (χ3n) is 3.74. The van der Waals surface area contributed by atoms with E-state index in [4.69, 9.17) is 11.6 Å². The van der Waals surface area contributed by atoms with Gasteiger partial charge in [0.15, 0.2) is 0 Å². The van der Waals surface area contributed by atoms with Crippen molar-refractivity contribution in [1.82, 2.24) is 9.21 Å². The molecule has 0 amide bonds. The van der Waals surface area contributed by atoms with Gasteiger partial charge in [-0.3, -0.25) is 4.90 Å². The number of β-amino-alcohol motifs (C(OH)–C–C–N with tert-alkyl or cyclic N) is 1. The van der Waals surface area contributed by atoms with Crippen LogP contribution in [0, 0.1) is 0 Å². The molecular weight excluding hydrogens is 392 g/mol. The number of piperazine rings is 1. The highest BCUT2D eigenvalue weighted by Gasteiger charge is 2.33. The van der Waals surface area contributed by atoms with Crippen LogP contribution in [0.2, 0.25) is 5.02 Å². The summed E-state index contributed by atoms with van der Waals surface area (Å²) in [6.07, 6.45) is -0.425. The Labute approximate surface area is 145 Å². The molecule has 5 nitrogen and oxygen atoms in total. The normalized spacial score (nSPS) is 22.7. The first-order valence-corrected chi connectivity index (χ1v) is 9.70. The SMILES string of the molecule is C[C@H](O)CN1CCN(S(=O)(=O)c2ccc(Br)cc2Cl)C[C@@H]1C. The first-order chi connectivity index (χ1) is 10.2. The predicted molar refractivity (Wildman–Crippen MR) is 90.6 cm³/mol. The molecule has 1 aromatic rings. The van der Waals surface area contributed by atoms with Crippen molar-refractivity contribution in [1.29, 1.82) is 0 Å². The van der Waals surface area contributed by atoms with E-state index < -0.39 is 16.1 Å². The van der Waals surface area contributed by atoms with Gasteiger partial charge in [0.25, 0.3) is 0 Å². The summed E-state index contributed by atoms with van der Waals surface area (Å²) in [7, 11) is -3.60. The van der Waals surface area contributed by atoms with Crippen LogP contribution in [0.1, 0.15) is 13.8 Å². The van der Waals surface area contributed by atoms with E-state index in [1.807, 2.05) is 6.92 Å². The molecule has 1 aliphatic heterocycles. The van der Waals surface area contributed by atoms with E-state index in [0.717, 1.165) is 4.47 Å². The maximum atomic E-state index is 12.8. The van der Waals surface area contributed by atoms with Gasteiger partial charge in [0.1, 0.15) is 4.90 Å². The van der Waals surface area contributed by atoms with Crippen LogP contribution >= 0.6 is 27.5 Å².